The van der Waals surface area contributed by atoms with Crippen LogP contribution in [0.1, 0.15) is 188 Å². The zero-order valence-electron chi connectivity index (χ0n) is 40.0. The average Bonchev–Trinajstić information content (AvgIpc) is 3.28. The van der Waals surface area contributed by atoms with Gasteiger partial charge in [0.05, 0.1) is 0 Å². The molecule has 6 nitrogen and oxygen atoms in total. The van der Waals surface area contributed by atoms with Gasteiger partial charge in [0.1, 0.15) is 13.2 Å². The Bertz CT molecular complexity index is 1420. The van der Waals surface area contributed by atoms with Gasteiger partial charge in [-0.1, -0.05) is 206 Å². The highest BCUT2D eigenvalue weighted by atomic mass is 16.6. The summed E-state index contributed by atoms with van der Waals surface area (Å²) < 4.78 is 16.6. The maximum Gasteiger partial charge on any atom is 0.306 e. The minimum absolute atomic E-state index is 0.126. The van der Waals surface area contributed by atoms with Crippen LogP contribution in [0.15, 0.2) is 134 Å². The van der Waals surface area contributed by atoms with Gasteiger partial charge in [0.2, 0.25) is 0 Å². The summed E-state index contributed by atoms with van der Waals surface area (Å²) in [7, 11) is 0. The fourth-order valence-electron chi connectivity index (χ4n) is 6.03. The van der Waals surface area contributed by atoms with Crippen LogP contribution in [-0.4, -0.2) is 37.2 Å². The van der Waals surface area contributed by atoms with Crippen molar-refractivity contribution in [3.8, 4) is 0 Å². The highest BCUT2D eigenvalue weighted by molar-refractivity contribution is 5.71. The number of unbranched alkanes of at least 4 members (excludes halogenated alkanes) is 12. The second-order valence-corrected chi connectivity index (χ2v) is 15.7. The quantitative estimate of drug-likeness (QED) is 0.0200. The standard InChI is InChI=1S/C57H88O6/c1-4-7-10-13-16-19-22-24-26-27-28-29-31-32-35-38-41-44-47-50-56(59)62-53-54(52-61-55(58)49-46-43-40-37-34-21-18-15-12-9-6-3)63-57(60)51-48-45-42-39-36-33-30-25-23-20-17-14-11-8-5-2/h7-8,10-11,14-21,23-24,26,28-29,32,34-35,41,44,54H,4-6,9,12-13,22,25,27,30-31,33,36-40,42-43,45-53H2,1-3H3/b10-7-,11-8-,17-14-,18-15-,19-16-,23-20-,26-24-,29-28-,34-21-,35-32-,44-41-. The third kappa shape index (κ3) is 48.4. The third-order valence-electron chi connectivity index (χ3n) is 9.72. The molecule has 0 aliphatic heterocycles. The van der Waals surface area contributed by atoms with Crippen LogP contribution in [0.3, 0.4) is 0 Å². The van der Waals surface area contributed by atoms with Crippen LogP contribution < -0.4 is 0 Å². The van der Waals surface area contributed by atoms with Gasteiger partial charge < -0.3 is 14.2 Å². The third-order valence-corrected chi connectivity index (χ3v) is 9.72. The van der Waals surface area contributed by atoms with Crippen molar-refractivity contribution in [2.24, 2.45) is 0 Å². The Morgan fingerprint density at radius 3 is 1.24 bits per heavy atom. The molecule has 0 aromatic rings. The summed E-state index contributed by atoms with van der Waals surface area (Å²) in [6.45, 7) is 6.21. The smallest absolute Gasteiger partial charge is 0.306 e. The average molecular weight is 869 g/mol. The van der Waals surface area contributed by atoms with E-state index >= 15 is 0 Å². The molecule has 0 saturated heterocycles. The number of rotatable bonds is 42. The largest absolute Gasteiger partial charge is 0.462 e. The first-order valence-corrected chi connectivity index (χ1v) is 24.7. The molecule has 1 unspecified atom stereocenters. The Morgan fingerprint density at radius 2 is 0.730 bits per heavy atom. The molecule has 0 fully saturated rings. The predicted octanol–water partition coefficient (Wildman–Crippen LogP) is 16.3. The lowest BCUT2D eigenvalue weighted by atomic mass is 10.1. The number of hydrogen-bond acceptors (Lipinski definition) is 6. The second-order valence-electron chi connectivity index (χ2n) is 15.7. The van der Waals surface area contributed by atoms with E-state index in [9.17, 15) is 14.4 Å². The van der Waals surface area contributed by atoms with Gasteiger partial charge in [-0.25, -0.2) is 0 Å². The monoisotopic (exact) mass is 869 g/mol. The van der Waals surface area contributed by atoms with Crippen molar-refractivity contribution in [2.45, 2.75) is 194 Å². The van der Waals surface area contributed by atoms with Crippen LogP contribution in [-0.2, 0) is 28.6 Å². The Labute approximate surface area is 385 Å². The normalized spacial score (nSPS) is 13.3. The Kier molecular flexibility index (Phi) is 46.7. The lowest BCUT2D eigenvalue weighted by molar-refractivity contribution is -0.166. The molecule has 0 spiro atoms. The Morgan fingerprint density at radius 1 is 0.349 bits per heavy atom. The van der Waals surface area contributed by atoms with Crippen LogP contribution in [0.2, 0.25) is 0 Å². The van der Waals surface area contributed by atoms with E-state index in [2.05, 4.69) is 142 Å². The molecule has 0 aliphatic carbocycles. The van der Waals surface area contributed by atoms with E-state index < -0.39 is 6.10 Å². The van der Waals surface area contributed by atoms with Crippen molar-refractivity contribution >= 4 is 17.9 Å². The molecule has 0 radical (unpaired) electrons. The molecular weight excluding hydrogens is 781 g/mol. The van der Waals surface area contributed by atoms with Gasteiger partial charge in [0.25, 0.3) is 0 Å². The molecule has 352 valence electrons. The summed E-state index contributed by atoms with van der Waals surface area (Å²) in [5.74, 6) is -1.06. The van der Waals surface area contributed by atoms with E-state index in [1.165, 1.54) is 32.1 Å². The maximum atomic E-state index is 12.8. The first kappa shape index (κ1) is 58.6. The van der Waals surface area contributed by atoms with Gasteiger partial charge in [-0.05, 0) is 96.3 Å². The maximum absolute atomic E-state index is 12.8. The first-order chi connectivity index (χ1) is 31.0. The number of carbonyl (C=O) groups is 3. The lowest BCUT2D eigenvalue weighted by Gasteiger charge is -2.18. The van der Waals surface area contributed by atoms with E-state index in [4.69, 9.17) is 14.2 Å². The second kappa shape index (κ2) is 50.2. The van der Waals surface area contributed by atoms with E-state index in [1.54, 1.807) is 0 Å². The van der Waals surface area contributed by atoms with Gasteiger partial charge >= 0.3 is 17.9 Å². The van der Waals surface area contributed by atoms with Crippen molar-refractivity contribution in [3.05, 3.63) is 134 Å². The highest BCUT2D eigenvalue weighted by Gasteiger charge is 2.19. The van der Waals surface area contributed by atoms with Crippen LogP contribution >= 0.6 is 0 Å². The van der Waals surface area contributed by atoms with Gasteiger partial charge in [-0.2, -0.15) is 0 Å². The Hall–Kier alpha value is -4.45. The summed E-state index contributed by atoms with van der Waals surface area (Å²) in [6, 6.07) is 0. The zero-order valence-corrected chi connectivity index (χ0v) is 40.0. The number of ether oxygens (including phenoxy) is 3. The lowest BCUT2D eigenvalue weighted by Crippen LogP contribution is -2.30. The zero-order chi connectivity index (χ0) is 45.8. The minimum Gasteiger partial charge on any atom is -0.462 e. The summed E-state index contributed by atoms with van der Waals surface area (Å²) in [6.07, 6.45) is 70.2. The number of hydrogen-bond donors (Lipinski definition) is 0. The van der Waals surface area contributed by atoms with Crippen LogP contribution in [0.4, 0.5) is 0 Å². The first-order valence-electron chi connectivity index (χ1n) is 24.7. The van der Waals surface area contributed by atoms with Crippen LogP contribution in [0.5, 0.6) is 0 Å². The van der Waals surface area contributed by atoms with Crippen molar-refractivity contribution in [2.75, 3.05) is 13.2 Å². The fourth-order valence-corrected chi connectivity index (χ4v) is 6.03. The SMILES string of the molecule is CC\C=C/C=C\C=C/CCCCCCCCCC(=O)OC(COC(=O)CC/C=C\C/C=C\C/C=C\C/C=C\C/C=C\C/C=C\CC)COC(=O)CCCCC/C=C\C=C/CCCC. The number of esters is 3. The molecule has 1 atom stereocenters. The van der Waals surface area contributed by atoms with E-state index in [-0.39, 0.29) is 44.0 Å². The number of allylic oxidation sites excluding steroid dienone is 22. The van der Waals surface area contributed by atoms with Crippen molar-refractivity contribution in [3.63, 3.8) is 0 Å². The van der Waals surface area contributed by atoms with E-state index in [0.717, 1.165) is 109 Å². The minimum atomic E-state index is -0.830. The summed E-state index contributed by atoms with van der Waals surface area (Å²) in [5.41, 5.74) is 0. The predicted molar refractivity (Wildman–Crippen MR) is 269 cm³/mol. The summed E-state index contributed by atoms with van der Waals surface area (Å²) >= 11 is 0. The topological polar surface area (TPSA) is 78.9 Å². The summed E-state index contributed by atoms with van der Waals surface area (Å²) in [5, 5.41) is 0. The molecule has 0 aromatic carbocycles. The fraction of sp³-hybridized carbons (Fsp3) is 0.561. The molecule has 63 heavy (non-hydrogen) atoms. The highest BCUT2D eigenvalue weighted by Crippen LogP contribution is 2.12. The van der Waals surface area contributed by atoms with Gasteiger partial charge in [-0.15, -0.1) is 0 Å². The molecule has 0 aromatic heterocycles. The molecule has 6 heteroatoms. The Balaban J connectivity index is 4.56. The molecule has 0 bridgehead atoms. The molecule has 0 heterocycles. The molecule has 0 N–H and O–H groups in total. The molecule has 0 saturated carbocycles. The van der Waals surface area contributed by atoms with Crippen LogP contribution in [0, 0.1) is 0 Å². The van der Waals surface area contributed by atoms with Gasteiger partial charge in [0.15, 0.2) is 6.10 Å². The van der Waals surface area contributed by atoms with E-state index in [1.807, 2.05) is 12.2 Å². The molecule has 0 aliphatic rings. The van der Waals surface area contributed by atoms with Crippen LogP contribution in [0.25, 0.3) is 0 Å². The molecular formula is C57H88O6. The number of carbonyl (C=O) groups excluding carboxylic acids is 3. The summed E-state index contributed by atoms with van der Waals surface area (Å²) in [4.78, 5) is 37.9. The van der Waals surface area contributed by atoms with E-state index in [0.29, 0.717) is 12.8 Å². The van der Waals surface area contributed by atoms with Crippen molar-refractivity contribution < 1.29 is 28.6 Å². The molecule has 0 rings (SSSR count). The van der Waals surface area contributed by atoms with Crippen molar-refractivity contribution in [1.82, 2.24) is 0 Å². The van der Waals surface area contributed by atoms with Gasteiger partial charge in [-0.3, -0.25) is 14.4 Å². The molecule has 0 amide bonds. The van der Waals surface area contributed by atoms with Crippen molar-refractivity contribution in [1.29, 1.82) is 0 Å². The van der Waals surface area contributed by atoms with Gasteiger partial charge in [0, 0.05) is 19.3 Å².